The molecule has 1 saturated carbocycles. The topological polar surface area (TPSA) is 129 Å². The second-order valence-electron chi connectivity index (χ2n) is 9.39. The van der Waals surface area contributed by atoms with Gasteiger partial charge in [0.1, 0.15) is 11.5 Å². The van der Waals surface area contributed by atoms with Crippen molar-refractivity contribution in [2.75, 3.05) is 18.4 Å². The minimum Gasteiger partial charge on any atom is -0.465 e. The molecule has 0 aromatic carbocycles. The number of rotatable bonds is 5. The van der Waals surface area contributed by atoms with Crippen LogP contribution in [-0.4, -0.2) is 40.2 Å². The summed E-state index contributed by atoms with van der Waals surface area (Å²) in [5.41, 5.74) is 0.885. The third-order valence-electron chi connectivity index (χ3n) is 6.66. The van der Waals surface area contributed by atoms with Gasteiger partial charge in [-0.25, -0.2) is 9.78 Å². The SMILES string of the molecule is CC1CC1c1cc2ccc(C(=O)Nc3cnccc3[C@]3(NC(=O)O)CNC[C@H](C)C3)nc2o1. The van der Waals surface area contributed by atoms with Crippen LogP contribution < -0.4 is 16.0 Å². The first-order valence-electron chi connectivity index (χ1n) is 11.2. The van der Waals surface area contributed by atoms with E-state index in [4.69, 9.17) is 4.42 Å². The molecule has 1 saturated heterocycles. The maximum Gasteiger partial charge on any atom is 0.405 e. The van der Waals surface area contributed by atoms with Crippen molar-refractivity contribution in [1.29, 1.82) is 0 Å². The van der Waals surface area contributed by atoms with Crippen LogP contribution in [0.5, 0.6) is 0 Å². The summed E-state index contributed by atoms with van der Waals surface area (Å²) in [5, 5.41) is 19.3. The number of nitrogens with zero attached hydrogens (tertiary/aromatic N) is 2. The first kappa shape index (κ1) is 21.4. The van der Waals surface area contributed by atoms with Crippen molar-refractivity contribution in [2.24, 2.45) is 11.8 Å². The standard InChI is InChI=1S/C24H27N5O4/c1-13-9-24(12-26-10-13,29-23(31)32)17-5-6-25-11-19(17)27-21(30)18-4-3-15-8-20(16-7-14(16)2)33-22(15)28-18/h3-6,8,11,13-14,16,26,29H,7,9-10,12H2,1-2H3,(H,27,30)(H,31,32)/t13-,14?,16?,24-/m1/s1. The van der Waals surface area contributed by atoms with E-state index in [1.165, 1.54) is 6.20 Å². The number of carbonyl (C=O) groups excluding carboxylic acids is 1. The first-order valence-corrected chi connectivity index (χ1v) is 11.2. The van der Waals surface area contributed by atoms with Crippen molar-refractivity contribution in [3.05, 3.63) is 53.7 Å². The molecule has 1 aliphatic carbocycles. The second-order valence-corrected chi connectivity index (χ2v) is 9.39. The highest BCUT2D eigenvalue weighted by molar-refractivity contribution is 6.04. The van der Waals surface area contributed by atoms with E-state index in [0.29, 0.717) is 41.8 Å². The van der Waals surface area contributed by atoms with E-state index in [1.807, 2.05) is 12.1 Å². The Morgan fingerprint density at radius 1 is 1.27 bits per heavy atom. The molecule has 5 rings (SSSR count). The zero-order valence-corrected chi connectivity index (χ0v) is 18.6. The number of hydrogen-bond donors (Lipinski definition) is 4. The number of pyridine rings is 2. The van der Waals surface area contributed by atoms with Gasteiger partial charge in [0, 0.05) is 29.6 Å². The van der Waals surface area contributed by atoms with E-state index in [-0.39, 0.29) is 11.6 Å². The van der Waals surface area contributed by atoms with Gasteiger partial charge >= 0.3 is 6.09 Å². The summed E-state index contributed by atoms with van der Waals surface area (Å²) in [6, 6.07) is 7.24. The molecule has 2 aliphatic rings. The van der Waals surface area contributed by atoms with Gasteiger partial charge in [0.2, 0.25) is 5.71 Å². The summed E-state index contributed by atoms with van der Waals surface area (Å²) < 4.78 is 5.91. The number of carboxylic acid groups (broad SMARTS) is 1. The van der Waals surface area contributed by atoms with Gasteiger partial charge in [0.25, 0.3) is 5.91 Å². The maximum absolute atomic E-state index is 13.1. The Hall–Kier alpha value is -3.46. The summed E-state index contributed by atoms with van der Waals surface area (Å²) in [7, 11) is 0. The number of furan rings is 1. The van der Waals surface area contributed by atoms with Crippen molar-refractivity contribution < 1.29 is 19.1 Å². The van der Waals surface area contributed by atoms with Gasteiger partial charge < -0.3 is 25.5 Å². The van der Waals surface area contributed by atoms with Crippen molar-refractivity contribution in [2.45, 2.75) is 38.1 Å². The Kier molecular flexibility index (Phi) is 5.28. The van der Waals surface area contributed by atoms with E-state index in [0.717, 1.165) is 24.1 Å². The molecule has 2 amide bonds. The van der Waals surface area contributed by atoms with Gasteiger partial charge in [0.05, 0.1) is 17.4 Å². The molecular formula is C24H27N5O4. The minimum atomic E-state index is -1.12. The van der Waals surface area contributed by atoms with Crippen LogP contribution in [0, 0.1) is 11.8 Å². The van der Waals surface area contributed by atoms with Gasteiger partial charge in [-0.1, -0.05) is 13.8 Å². The summed E-state index contributed by atoms with van der Waals surface area (Å²) in [6.45, 7) is 5.45. The van der Waals surface area contributed by atoms with E-state index >= 15 is 0 Å². The van der Waals surface area contributed by atoms with Crippen LogP contribution >= 0.6 is 0 Å². The van der Waals surface area contributed by atoms with Gasteiger partial charge in [-0.2, -0.15) is 0 Å². The van der Waals surface area contributed by atoms with Gasteiger partial charge in [-0.05, 0) is 55.5 Å². The van der Waals surface area contributed by atoms with Crippen LogP contribution in [0.4, 0.5) is 10.5 Å². The third-order valence-corrected chi connectivity index (χ3v) is 6.66. The van der Waals surface area contributed by atoms with Crippen molar-refractivity contribution in [1.82, 2.24) is 20.6 Å². The molecule has 9 heteroatoms. The Morgan fingerprint density at radius 3 is 2.82 bits per heavy atom. The monoisotopic (exact) mass is 449 g/mol. The lowest BCUT2D eigenvalue weighted by atomic mass is 9.78. The van der Waals surface area contributed by atoms with Gasteiger partial charge in [-0.3, -0.25) is 9.78 Å². The number of amides is 2. The lowest BCUT2D eigenvalue weighted by Crippen LogP contribution is -2.57. The molecule has 33 heavy (non-hydrogen) atoms. The smallest absolute Gasteiger partial charge is 0.405 e. The Labute approximate surface area is 191 Å². The van der Waals surface area contributed by atoms with Crippen LogP contribution in [0.1, 0.15) is 54.4 Å². The number of carbonyl (C=O) groups is 2. The normalized spacial score (nSPS) is 26.7. The van der Waals surface area contributed by atoms with E-state index in [1.54, 1.807) is 18.3 Å². The van der Waals surface area contributed by atoms with Crippen LogP contribution in [0.25, 0.3) is 11.1 Å². The minimum absolute atomic E-state index is 0.220. The molecule has 9 nitrogen and oxygen atoms in total. The van der Waals surface area contributed by atoms with Crippen molar-refractivity contribution >= 4 is 28.8 Å². The third kappa shape index (κ3) is 4.16. The van der Waals surface area contributed by atoms with Crippen LogP contribution in [0.15, 0.2) is 41.1 Å². The average molecular weight is 450 g/mol. The molecule has 0 radical (unpaired) electrons. The zero-order valence-electron chi connectivity index (χ0n) is 18.6. The highest BCUT2D eigenvalue weighted by Gasteiger charge is 2.40. The lowest BCUT2D eigenvalue weighted by molar-refractivity contribution is 0.102. The number of piperidine rings is 1. The predicted molar refractivity (Wildman–Crippen MR) is 122 cm³/mol. The first-order chi connectivity index (χ1) is 15.8. The number of fused-ring (bicyclic) bond motifs is 1. The Bertz CT molecular complexity index is 1220. The van der Waals surface area contributed by atoms with E-state index in [2.05, 4.69) is 39.8 Å². The molecule has 4 heterocycles. The second kappa shape index (κ2) is 8.15. The van der Waals surface area contributed by atoms with E-state index in [9.17, 15) is 14.7 Å². The molecule has 0 spiro atoms. The summed E-state index contributed by atoms with van der Waals surface area (Å²) in [4.78, 5) is 33.3. The predicted octanol–water partition coefficient (Wildman–Crippen LogP) is 3.69. The lowest BCUT2D eigenvalue weighted by Gasteiger charge is -2.41. The number of hydrogen-bond acceptors (Lipinski definition) is 6. The average Bonchev–Trinajstić information content (AvgIpc) is 3.35. The maximum atomic E-state index is 13.1. The molecule has 3 aromatic heterocycles. The molecule has 3 aromatic rings. The molecule has 1 aliphatic heterocycles. The Morgan fingerprint density at radius 2 is 2.09 bits per heavy atom. The molecular weight excluding hydrogens is 422 g/mol. The fourth-order valence-electron chi connectivity index (χ4n) is 4.91. The summed E-state index contributed by atoms with van der Waals surface area (Å²) in [5.74, 6) is 1.79. The van der Waals surface area contributed by atoms with Crippen LogP contribution in [0.2, 0.25) is 0 Å². The molecule has 4 atom stereocenters. The van der Waals surface area contributed by atoms with Crippen LogP contribution in [0.3, 0.4) is 0 Å². The number of anilines is 1. The molecule has 2 unspecified atom stereocenters. The fraction of sp³-hybridized carbons (Fsp3) is 0.417. The summed E-state index contributed by atoms with van der Waals surface area (Å²) in [6.07, 6.45) is 3.72. The van der Waals surface area contributed by atoms with Crippen LogP contribution in [-0.2, 0) is 5.54 Å². The molecule has 172 valence electrons. The van der Waals surface area contributed by atoms with E-state index < -0.39 is 17.5 Å². The molecule has 0 bridgehead atoms. The number of nitrogens with one attached hydrogen (secondary N) is 3. The van der Waals surface area contributed by atoms with Gasteiger partial charge in [0.15, 0.2) is 0 Å². The highest BCUT2D eigenvalue weighted by atomic mass is 16.4. The van der Waals surface area contributed by atoms with Gasteiger partial charge in [-0.15, -0.1) is 0 Å². The molecule has 2 fully saturated rings. The quantitative estimate of drug-likeness (QED) is 0.467. The summed E-state index contributed by atoms with van der Waals surface area (Å²) >= 11 is 0. The molecule has 4 N–H and O–H groups in total. The highest BCUT2D eigenvalue weighted by Crippen LogP contribution is 2.48. The largest absolute Gasteiger partial charge is 0.465 e. The Balaban J connectivity index is 1.44. The number of aromatic nitrogens is 2. The van der Waals surface area contributed by atoms with Crippen molar-refractivity contribution in [3.8, 4) is 0 Å². The fourth-order valence-corrected chi connectivity index (χ4v) is 4.91. The van der Waals surface area contributed by atoms with Crippen molar-refractivity contribution in [3.63, 3.8) is 0 Å². The zero-order chi connectivity index (χ0) is 23.2.